The smallest absolute Gasteiger partial charge is 0.119 e. The Labute approximate surface area is 142 Å². The van der Waals surface area contributed by atoms with Gasteiger partial charge in [0, 0.05) is 24.7 Å². The monoisotopic (exact) mass is 321 g/mol. The molecule has 1 aromatic rings. The van der Waals surface area contributed by atoms with Gasteiger partial charge in [-0.25, -0.2) is 0 Å². The minimum Gasteiger partial charge on any atom is -0.494 e. The third-order valence-corrected chi connectivity index (χ3v) is 4.09. The highest BCUT2D eigenvalue weighted by Gasteiger charge is 2.27. The Morgan fingerprint density at radius 2 is 1.74 bits per heavy atom. The van der Waals surface area contributed by atoms with E-state index in [4.69, 9.17) is 10.5 Å². The molecule has 1 unspecified atom stereocenters. The van der Waals surface area contributed by atoms with Gasteiger partial charge in [0.1, 0.15) is 5.75 Å². The van der Waals surface area contributed by atoms with Crippen LogP contribution in [0, 0.1) is 0 Å². The van der Waals surface area contributed by atoms with Crippen LogP contribution in [0.1, 0.15) is 45.7 Å². The lowest BCUT2D eigenvalue weighted by Crippen LogP contribution is -2.46. The molecule has 0 radical (unpaired) electrons. The van der Waals surface area contributed by atoms with Crippen molar-refractivity contribution in [3.05, 3.63) is 29.8 Å². The number of hydrogen-bond acceptors (Lipinski definition) is 4. The number of likely N-dealkylation sites (N-methyl/N-ethyl adjacent to an activating group) is 1. The summed E-state index contributed by atoms with van der Waals surface area (Å²) < 4.78 is 5.81. The van der Waals surface area contributed by atoms with E-state index in [1.54, 1.807) is 0 Å². The van der Waals surface area contributed by atoms with Crippen molar-refractivity contribution in [3.63, 3.8) is 0 Å². The first kappa shape index (κ1) is 19.9. The number of rotatable bonds is 9. The van der Waals surface area contributed by atoms with E-state index in [2.05, 4.69) is 75.9 Å². The fraction of sp³-hybridized carbons (Fsp3) is 0.684. The van der Waals surface area contributed by atoms with Crippen molar-refractivity contribution in [1.82, 2.24) is 9.80 Å². The van der Waals surface area contributed by atoms with Crippen LogP contribution >= 0.6 is 0 Å². The minimum atomic E-state index is 0.0974. The number of ether oxygens (including phenoxy) is 1. The Kier molecular flexibility index (Phi) is 8.03. The van der Waals surface area contributed by atoms with E-state index in [1.807, 2.05) is 0 Å². The van der Waals surface area contributed by atoms with Crippen LogP contribution in [-0.4, -0.2) is 55.7 Å². The highest BCUT2D eigenvalue weighted by atomic mass is 16.5. The molecule has 0 aliphatic heterocycles. The predicted molar refractivity (Wildman–Crippen MR) is 99.0 cm³/mol. The number of hydrogen-bond donors (Lipinski definition) is 1. The van der Waals surface area contributed by atoms with Gasteiger partial charge >= 0.3 is 0 Å². The van der Waals surface area contributed by atoms with Gasteiger partial charge in [-0.1, -0.05) is 19.1 Å². The molecule has 0 saturated heterocycles. The van der Waals surface area contributed by atoms with Gasteiger partial charge in [0.15, 0.2) is 0 Å². The summed E-state index contributed by atoms with van der Waals surface area (Å²) in [4.78, 5) is 4.62. The molecule has 0 bridgehead atoms. The largest absolute Gasteiger partial charge is 0.494 e. The van der Waals surface area contributed by atoms with Gasteiger partial charge < -0.3 is 15.4 Å². The summed E-state index contributed by atoms with van der Waals surface area (Å²) in [6.45, 7) is 12.3. The van der Waals surface area contributed by atoms with Crippen molar-refractivity contribution in [1.29, 1.82) is 0 Å². The predicted octanol–water partition coefficient (Wildman–Crippen LogP) is 3.14. The Balaban J connectivity index is 2.69. The molecule has 0 aliphatic carbocycles. The maximum Gasteiger partial charge on any atom is 0.119 e. The van der Waals surface area contributed by atoms with Crippen LogP contribution in [0.15, 0.2) is 24.3 Å². The maximum absolute atomic E-state index is 6.06. The second-order valence-electron chi connectivity index (χ2n) is 7.28. The number of benzene rings is 1. The second-order valence-corrected chi connectivity index (χ2v) is 7.28. The van der Waals surface area contributed by atoms with Gasteiger partial charge in [-0.3, -0.25) is 4.90 Å². The Morgan fingerprint density at radius 1 is 1.13 bits per heavy atom. The quantitative estimate of drug-likeness (QED) is 0.710. The molecule has 4 nitrogen and oxygen atoms in total. The van der Waals surface area contributed by atoms with Crippen LogP contribution in [0.2, 0.25) is 0 Å². The highest BCUT2D eigenvalue weighted by Crippen LogP contribution is 2.28. The van der Waals surface area contributed by atoms with Crippen LogP contribution in [0.5, 0.6) is 5.75 Å². The lowest BCUT2D eigenvalue weighted by Gasteiger charge is -2.41. The lowest BCUT2D eigenvalue weighted by molar-refractivity contribution is 0.0919. The zero-order chi connectivity index (χ0) is 17.5. The first-order valence-corrected chi connectivity index (χ1v) is 8.64. The average Bonchev–Trinajstić information content (AvgIpc) is 2.48. The van der Waals surface area contributed by atoms with Crippen LogP contribution in [0.25, 0.3) is 0 Å². The number of nitrogens with zero attached hydrogens (tertiary/aromatic N) is 2. The summed E-state index contributed by atoms with van der Waals surface area (Å²) in [7, 11) is 4.16. The fourth-order valence-corrected chi connectivity index (χ4v) is 2.96. The molecule has 4 heteroatoms. The lowest BCUT2D eigenvalue weighted by atomic mass is 9.98. The molecule has 0 aliphatic rings. The SMILES string of the molecule is CCN(C(CN)c1ccc(OCCCN(C)C)cc1)C(C)(C)C. The van der Waals surface area contributed by atoms with E-state index in [0.29, 0.717) is 6.54 Å². The molecule has 0 fully saturated rings. The van der Waals surface area contributed by atoms with Gasteiger partial charge in [0.05, 0.1) is 6.61 Å². The van der Waals surface area contributed by atoms with E-state index in [9.17, 15) is 0 Å². The molecule has 132 valence electrons. The molecule has 0 saturated carbocycles. The van der Waals surface area contributed by atoms with Crippen LogP contribution in [0.4, 0.5) is 0 Å². The molecule has 0 spiro atoms. The van der Waals surface area contributed by atoms with Gasteiger partial charge in [0.25, 0.3) is 0 Å². The molecule has 23 heavy (non-hydrogen) atoms. The first-order chi connectivity index (χ1) is 10.8. The van der Waals surface area contributed by atoms with Crippen molar-refractivity contribution in [2.45, 2.75) is 45.7 Å². The van der Waals surface area contributed by atoms with Gasteiger partial charge in [-0.05, 0) is 65.5 Å². The molecule has 0 amide bonds. The van der Waals surface area contributed by atoms with E-state index >= 15 is 0 Å². The summed E-state index contributed by atoms with van der Waals surface area (Å²) in [5, 5.41) is 0. The Hall–Kier alpha value is -1.10. The normalized spacial score (nSPS) is 13.6. The van der Waals surface area contributed by atoms with Crippen molar-refractivity contribution in [2.75, 3.05) is 40.3 Å². The van der Waals surface area contributed by atoms with Gasteiger partial charge in [-0.2, -0.15) is 0 Å². The first-order valence-electron chi connectivity index (χ1n) is 8.64. The van der Waals surface area contributed by atoms with Crippen LogP contribution in [-0.2, 0) is 0 Å². The van der Waals surface area contributed by atoms with Gasteiger partial charge in [-0.15, -0.1) is 0 Å². The molecule has 1 atom stereocenters. The standard InChI is InChI=1S/C19H35N3O/c1-7-22(19(2,3)4)18(15-20)16-9-11-17(12-10-16)23-14-8-13-21(5)6/h9-12,18H,7-8,13-15,20H2,1-6H3. The fourth-order valence-electron chi connectivity index (χ4n) is 2.96. The third kappa shape index (κ3) is 6.50. The van der Waals surface area contributed by atoms with Gasteiger partial charge in [0.2, 0.25) is 0 Å². The van der Waals surface area contributed by atoms with Crippen molar-refractivity contribution in [3.8, 4) is 5.75 Å². The average molecular weight is 322 g/mol. The zero-order valence-corrected chi connectivity index (χ0v) is 15.8. The molecule has 0 aromatic heterocycles. The number of nitrogens with two attached hydrogens (primary N) is 1. The highest BCUT2D eigenvalue weighted by molar-refractivity contribution is 5.29. The van der Waals surface area contributed by atoms with Crippen LogP contribution in [0.3, 0.4) is 0 Å². The third-order valence-electron chi connectivity index (χ3n) is 4.09. The maximum atomic E-state index is 6.06. The summed E-state index contributed by atoms with van der Waals surface area (Å²) in [5.41, 5.74) is 7.42. The Morgan fingerprint density at radius 3 is 2.17 bits per heavy atom. The molecule has 1 aromatic carbocycles. The molecule has 2 N–H and O–H groups in total. The van der Waals surface area contributed by atoms with Crippen molar-refractivity contribution >= 4 is 0 Å². The van der Waals surface area contributed by atoms with Crippen molar-refractivity contribution in [2.24, 2.45) is 5.73 Å². The molecular weight excluding hydrogens is 286 g/mol. The topological polar surface area (TPSA) is 41.7 Å². The molecular formula is C19H35N3O. The van der Waals surface area contributed by atoms with E-state index in [1.165, 1.54) is 5.56 Å². The molecule has 1 rings (SSSR count). The van der Waals surface area contributed by atoms with E-state index in [-0.39, 0.29) is 11.6 Å². The van der Waals surface area contributed by atoms with Crippen LogP contribution < -0.4 is 10.5 Å². The minimum absolute atomic E-state index is 0.0974. The van der Waals surface area contributed by atoms with E-state index < -0.39 is 0 Å². The summed E-state index contributed by atoms with van der Waals surface area (Å²) in [6, 6.07) is 8.65. The summed E-state index contributed by atoms with van der Waals surface area (Å²) in [6.07, 6.45) is 1.04. The second kappa shape index (κ2) is 9.26. The van der Waals surface area contributed by atoms with E-state index in [0.717, 1.165) is 31.9 Å². The molecule has 0 heterocycles. The summed E-state index contributed by atoms with van der Waals surface area (Å²) in [5.74, 6) is 0.932. The Bertz CT molecular complexity index is 437. The summed E-state index contributed by atoms with van der Waals surface area (Å²) >= 11 is 0. The van der Waals surface area contributed by atoms with Crippen molar-refractivity contribution < 1.29 is 4.74 Å². The zero-order valence-electron chi connectivity index (χ0n) is 15.8.